The van der Waals surface area contributed by atoms with E-state index in [9.17, 15) is 5.11 Å². The van der Waals surface area contributed by atoms with Crippen LogP contribution in [-0.4, -0.2) is 14.9 Å². The fourth-order valence-electron chi connectivity index (χ4n) is 1.24. The van der Waals surface area contributed by atoms with Gasteiger partial charge in [0, 0.05) is 12.1 Å². The van der Waals surface area contributed by atoms with E-state index in [2.05, 4.69) is 5.10 Å². The van der Waals surface area contributed by atoms with Crippen LogP contribution in [0.5, 0.6) is 5.88 Å². The molecule has 3 heteroatoms. The first-order chi connectivity index (χ1) is 5.20. The molecular formula is C8H14N2O. The first-order valence-corrected chi connectivity index (χ1v) is 3.95. The maximum Gasteiger partial charge on any atom is 0.212 e. The number of aromatic nitrogens is 2. The average Bonchev–Trinajstić information content (AvgIpc) is 2.26. The molecular weight excluding hydrogens is 140 g/mol. The molecule has 0 aromatic carbocycles. The third-order valence-electron chi connectivity index (χ3n) is 1.87. The zero-order valence-corrected chi connectivity index (χ0v) is 7.26. The monoisotopic (exact) mass is 154 g/mol. The molecule has 0 fully saturated rings. The summed E-state index contributed by atoms with van der Waals surface area (Å²) >= 11 is 0. The van der Waals surface area contributed by atoms with Crippen molar-refractivity contribution in [3.05, 3.63) is 11.3 Å². The van der Waals surface area contributed by atoms with Crippen molar-refractivity contribution in [1.82, 2.24) is 9.78 Å². The van der Waals surface area contributed by atoms with Gasteiger partial charge in [-0.15, -0.1) is 0 Å². The van der Waals surface area contributed by atoms with Crippen LogP contribution in [0.2, 0.25) is 0 Å². The van der Waals surface area contributed by atoms with Crippen LogP contribution in [0.25, 0.3) is 0 Å². The van der Waals surface area contributed by atoms with Gasteiger partial charge in [-0.2, -0.15) is 5.10 Å². The van der Waals surface area contributed by atoms with Crippen molar-refractivity contribution in [2.45, 2.75) is 33.7 Å². The second-order valence-corrected chi connectivity index (χ2v) is 2.56. The quantitative estimate of drug-likeness (QED) is 0.700. The van der Waals surface area contributed by atoms with Gasteiger partial charge in [0.25, 0.3) is 0 Å². The summed E-state index contributed by atoms with van der Waals surface area (Å²) < 4.78 is 1.62. The number of hydrogen-bond donors (Lipinski definition) is 1. The Bertz CT molecular complexity index is 253. The molecule has 0 bridgehead atoms. The van der Waals surface area contributed by atoms with Crippen molar-refractivity contribution in [2.75, 3.05) is 0 Å². The van der Waals surface area contributed by atoms with Crippen LogP contribution in [0.1, 0.15) is 25.1 Å². The minimum Gasteiger partial charge on any atom is -0.493 e. The molecule has 1 heterocycles. The number of rotatable bonds is 2. The molecule has 0 aliphatic carbocycles. The molecule has 0 atom stereocenters. The molecule has 62 valence electrons. The Morgan fingerprint density at radius 1 is 1.45 bits per heavy atom. The maximum atomic E-state index is 9.51. The molecule has 1 aromatic rings. The molecule has 1 rings (SSSR count). The van der Waals surface area contributed by atoms with Crippen molar-refractivity contribution in [1.29, 1.82) is 0 Å². The van der Waals surface area contributed by atoms with Gasteiger partial charge >= 0.3 is 0 Å². The minimum absolute atomic E-state index is 0.326. The number of nitrogens with zero attached hydrogens (tertiary/aromatic N) is 2. The van der Waals surface area contributed by atoms with E-state index < -0.39 is 0 Å². The van der Waals surface area contributed by atoms with Gasteiger partial charge in [-0.1, -0.05) is 6.92 Å². The lowest BCUT2D eigenvalue weighted by Gasteiger charge is -1.96. The summed E-state index contributed by atoms with van der Waals surface area (Å²) in [5, 5.41) is 13.7. The third-order valence-corrected chi connectivity index (χ3v) is 1.87. The van der Waals surface area contributed by atoms with Gasteiger partial charge < -0.3 is 5.11 Å². The first kappa shape index (κ1) is 8.11. The fraction of sp³-hybridized carbons (Fsp3) is 0.625. The van der Waals surface area contributed by atoms with Crippen LogP contribution in [0.3, 0.4) is 0 Å². The molecule has 1 aromatic heterocycles. The Kier molecular flexibility index (Phi) is 2.17. The molecule has 1 N–H and O–H groups in total. The summed E-state index contributed by atoms with van der Waals surface area (Å²) in [5.41, 5.74) is 1.90. The lowest BCUT2D eigenvalue weighted by atomic mass is 10.2. The highest BCUT2D eigenvalue weighted by Crippen LogP contribution is 2.20. The van der Waals surface area contributed by atoms with Crippen LogP contribution in [0, 0.1) is 6.92 Å². The Balaban J connectivity index is 3.14. The Morgan fingerprint density at radius 3 is 2.36 bits per heavy atom. The van der Waals surface area contributed by atoms with Gasteiger partial charge in [0.05, 0.1) is 5.69 Å². The standard InChI is InChI=1S/C8H14N2O/c1-4-7-6(3)9-10(5-2)8(7)11/h11H,4-5H2,1-3H3. The fourth-order valence-corrected chi connectivity index (χ4v) is 1.24. The molecule has 0 aliphatic rings. The zero-order valence-electron chi connectivity index (χ0n) is 7.26. The highest BCUT2D eigenvalue weighted by Gasteiger charge is 2.09. The van der Waals surface area contributed by atoms with Gasteiger partial charge in [-0.25, -0.2) is 4.68 Å². The van der Waals surface area contributed by atoms with Crippen molar-refractivity contribution in [3.63, 3.8) is 0 Å². The van der Waals surface area contributed by atoms with Crippen molar-refractivity contribution < 1.29 is 5.11 Å². The van der Waals surface area contributed by atoms with Gasteiger partial charge in [0.2, 0.25) is 5.88 Å². The summed E-state index contributed by atoms with van der Waals surface area (Å²) in [7, 11) is 0. The van der Waals surface area contributed by atoms with E-state index >= 15 is 0 Å². The third kappa shape index (κ3) is 1.23. The zero-order chi connectivity index (χ0) is 8.43. The minimum atomic E-state index is 0.326. The molecule has 0 spiro atoms. The van der Waals surface area contributed by atoms with Crippen molar-refractivity contribution in [3.8, 4) is 5.88 Å². The lowest BCUT2D eigenvalue weighted by Crippen LogP contribution is -1.95. The predicted molar refractivity (Wildman–Crippen MR) is 43.7 cm³/mol. The smallest absolute Gasteiger partial charge is 0.212 e. The van der Waals surface area contributed by atoms with E-state index in [1.165, 1.54) is 0 Å². The second-order valence-electron chi connectivity index (χ2n) is 2.56. The SMILES string of the molecule is CCc1c(C)nn(CC)c1O. The van der Waals surface area contributed by atoms with Gasteiger partial charge in [0.15, 0.2) is 0 Å². The number of aryl methyl sites for hydroxylation is 2. The largest absolute Gasteiger partial charge is 0.493 e. The first-order valence-electron chi connectivity index (χ1n) is 3.95. The van der Waals surface area contributed by atoms with Crippen LogP contribution >= 0.6 is 0 Å². The number of hydrogen-bond acceptors (Lipinski definition) is 2. The summed E-state index contributed by atoms with van der Waals surface area (Å²) in [6, 6.07) is 0. The van der Waals surface area contributed by atoms with E-state index in [0.29, 0.717) is 5.88 Å². The Hall–Kier alpha value is -0.990. The summed E-state index contributed by atoms with van der Waals surface area (Å²) in [6.07, 6.45) is 0.845. The highest BCUT2D eigenvalue weighted by atomic mass is 16.3. The molecule has 0 radical (unpaired) electrons. The molecule has 0 aliphatic heterocycles. The van der Waals surface area contributed by atoms with Gasteiger partial charge in [-0.3, -0.25) is 0 Å². The molecule has 3 nitrogen and oxygen atoms in total. The van der Waals surface area contributed by atoms with E-state index in [1.807, 2.05) is 20.8 Å². The van der Waals surface area contributed by atoms with Gasteiger partial charge in [-0.05, 0) is 20.3 Å². The van der Waals surface area contributed by atoms with E-state index in [1.54, 1.807) is 4.68 Å². The van der Waals surface area contributed by atoms with Crippen LogP contribution in [0.15, 0.2) is 0 Å². The van der Waals surface area contributed by atoms with Crippen molar-refractivity contribution >= 4 is 0 Å². The van der Waals surface area contributed by atoms with Crippen LogP contribution in [0.4, 0.5) is 0 Å². The molecule has 0 unspecified atom stereocenters. The molecule has 11 heavy (non-hydrogen) atoms. The summed E-state index contributed by atoms with van der Waals surface area (Å²) in [6.45, 7) is 6.63. The van der Waals surface area contributed by atoms with E-state index in [4.69, 9.17) is 0 Å². The number of aromatic hydroxyl groups is 1. The summed E-state index contributed by atoms with van der Waals surface area (Å²) in [5.74, 6) is 0.326. The van der Waals surface area contributed by atoms with Gasteiger partial charge in [0.1, 0.15) is 0 Å². The highest BCUT2D eigenvalue weighted by molar-refractivity contribution is 5.29. The lowest BCUT2D eigenvalue weighted by molar-refractivity contribution is 0.400. The molecule has 0 saturated heterocycles. The van der Waals surface area contributed by atoms with E-state index in [0.717, 1.165) is 24.2 Å². The molecule has 0 saturated carbocycles. The topological polar surface area (TPSA) is 38.0 Å². The normalized spacial score (nSPS) is 10.5. The predicted octanol–water partition coefficient (Wildman–Crippen LogP) is 1.48. The average molecular weight is 154 g/mol. The van der Waals surface area contributed by atoms with Crippen LogP contribution < -0.4 is 0 Å². The Morgan fingerprint density at radius 2 is 2.09 bits per heavy atom. The van der Waals surface area contributed by atoms with Crippen LogP contribution in [-0.2, 0) is 13.0 Å². The summed E-state index contributed by atoms with van der Waals surface area (Å²) in [4.78, 5) is 0. The maximum absolute atomic E-state index is 9.51. The molecule has 0 amide bonds. The van der Waals surface area contributed by atoms with E-state index in [-0.39, 0.29) is 0 Å². The Labute approximate surface area is 66.7 Å². The second kappa shape index (κ2) is 2.95. The van der Waals surface area contributed by atoms with Crippen molar-refractivity contribution in [2.24, 2.45) is 0 Å².